The maximum Gasteiger partial charge on any atom is 0.347 e. The van der Waals surface area contributed by atoms with Crippen molar-refractivity contribution in [3.63, 3.8) is 0 Å². The van der Waals surface area contributed by atoms with Crippen molar-refractivity contribution in [2.24, 2.45) is 11.8 Å². The largest absolute Gasteiger partial charge is 0.347 e. The molecule has 2 aliphatic rings. The molecule has 0 radical (unpaired) electrons. The summed E-state index contributed by atoms with van der Waals surface area (Å²) in [5.41, 5.74) is 3.45. The van der Waals surface area contributed by atoms with Gasteiger partial charge in [0.1, 0.15) is 0 Å². The normalized spacial score (nSPS) is 22.9. The number of nitrogens with zero attached hydrogens (tertiary/aromatic N) is 1. The number of amides is 4. The summed E-state index contributed by atoms with van der Waals surface area (Å²) in [6.07, 6.45) is 2.01. The van der Waals surface area contributed by atoms with Crippen LogP contribution in [0.4, 0.5) is 4.79 Å². The van der Waals surface area contributed by atoms with Gasteiger partial charge in [-0.25, -0.2) is 23.4 Å². The van der Waals surface area contributed by atoms with Gasteiger partial charge in [0, 0.05) is 0 Å². The summed E-state index contributed by atoms with van der Waals surface area (Å²) in [5.74, 6) is -1.79. The molecule has 8 nitrogen and oxygen atoms in total. The first-order valence-electron chi connectivity index (χ1n) is 7.99. The van der Waals surface area contributed by atoms with Crippen LogP contribution in [0.2, 0.25) is 0 Å². The summed E-state index contributed by atoms with van der Waals surface area (Å²) >= 11 is 0. The quantitative estimate of drug-likeness (QED) is 0.776. The average molecular weight is 365 g/mol. The molecule has 2 N–H and O–H groups in total. The molecule has 1 aliphatic heterocycles. The Kier molecular flexibility index (Phi) is 4.28. The number of carbonyl (C=O) groups is 3. The second-order valence-corrected chi connectivity index (χ2v) is 8.12. The maximum atomic E-state index is 12.3. The molecule has 1 heterocycles. The van der Waals surface area contributed by atoms with E-state index in [1.54, 1.807) is 19.1 Å². The first kappa shape index (κ1) is 17.4. The molecule has 134 valence electrons. The van der Waals surface area contributed by atoms with Crippen LogP contribution in [0.1, 0.15) is 30.4 Å². The molecular weight excluding hydrogens is 346 g/mol. The van der Waals surface area contributed by atoms with Crippen LogP contribution in [-0.2, 0) is 19.6 Å². The van der Waals surface area contributed by atoms with E-state index in [2.05, 4.69) is 5.43 Å². The molecule has 0 aromatic heterocycles. The molecule has 2 unspecified atom stereocenters. The van der Waals surface area contributed by atoms with E-state index in [-0.39, 0.29) is 4.90 Å². The summed E-state index contributed by atoms with van der Waals surface area (Å²) in [6.45, 7) is 3.44. The smallest absolute Gasteiger partial charge is 0.272 e. The Balaban J connectivity index is 1.72. The van der Waals surface area contributed by atoms with Crippen LogP contribution in [0.5, 0.6) is 0 Å². The fourth-order valence-electron chi connectivity index (χ4n) is 3.50. The highest BCUT2D eigenvalue weighted by Crippen LogP contribution is 2.38. The van der Waals surface area contributed by atoms with Crippen molar-refractivity contribution in [3.8, 4) is 0 Å². The highest BCUT2D eigenvalue weighted by atomic mass is 32.2. The third-order valence-electron chi connectivity index (χ3n) is 4.65. The Labute approximate surface area is 145 Å². The first-order valence-corrected chi connectivity index (χ1v) is 9.47. The average Bonchev–Trinajstić information content (AvgIpc) is 3.06. The van der Waals surface area contributed by atoms with Gasteiger partial charge in [0.25, 0.3) is 21.8 Å². The number of fused-ring (bicyclic) bond motifs is 1. The predicted molar refractivity (Wildman–Crippen MR) is 87.5 cm³/mol. The number of aryl methyl sites for hydroxylation is 2. The molecule has 2 atom stereocenters. The summed E-state index contributed by atoms with van der Waals surface area (Å²) in [4.78, 5) is 36.3. The third-order valence-corrected chi connectivity index (χ3v) is 6.14. The third kappa shape index (κ3) is 3.11. The topological polar surface area (TPSA) is 113 Å². The molecule has 1 saturated heterocycles. The molecule has 3 rings (SSSR count). The number of benzene rings is 1. The van der Waals surface area contributed by atoms with Gasteiger partial charge in [0.2, 0.25) is 0 Å². The Morgan fingerprint density at radius 1 is 1.12 bits per heavy atom. The fraction of sp³-hybridized carbons (Fsp3) is 0.438. The van der Waals surface area contributed by atoms with Crippen molar-refractivity contribution >= 4 is 27.9 Å². The van der Waals surface area contributed by atoms with E-state index in [0.717, 1.165) is 12.0 Å². The standard InChI is InChI=1S/C16H19N3O5S/c1-9-6-7-13(10(2)8-9)25(23,24)18-16(22)17-19-14(20)11-4-3-5-12(11)15(19)21/h6-8,11-12H,3-5H2,1-2H3,(H2,17,18,22). The summed E-state index contributed by atoms with van der Waals surface area (Å²) < 4.78 is 26.5. The van der Waals surface area contributed by atoms with Crippen molar-refractivity contribution in [1.29, 1.82) is 0 Å². The van der Waals surface area contributed by atoms with Gasteiger partial charge in [-0.3, -0.25) is 9.59 Å². The van der Waals surface area contributed by atoms with Gasteiger partial charge >= 0.3 is 6.03 Å². The number of urea groups is 1. The highest BCUT2D eigenvalue weighted by molar-refractivity contribution is 7.90. The lowest BCUT2D eigenvalue weighted by molar-refractivity contribution is -0.143. The van der Waals surface area contributed by atoms with Gasteiger partial charge in [0.15, 0.2) is 0 Å². The van der Waals surface area contributed by atoms with Crippen molar-refractivity contribution in [1.82, 2.24) is 15.2 Å². The number of nitrogens with one attached hydrogen (secondary N) is 2. The summed E-state index contributed by atoms with van der Waals surface area (Å²) in [5, 5.41) is 0.640. The monoisotopic (exact) mass is 365 g/mol. The lowest BCUT2D eigenvalue weighted by Crippen LogP contribution is -2.51. The number of hydrazine groups is 1. The van der Waals surface area contributed by atoms with Crippen molar-refractivity contribution in [2.45, 2.75) is 38.0 Å². The van der Waals surface area contributed by atoms with Gasteiger partial charge in [-0.05, 0) is 38.3 Å². The summed E-state index contributed by atoms with van der Waals surface area (Å²) in [6, 6.07) is 3.56. The Hall–Kier alpha value is -2.42. The van der Waals surface area contributed by atoms with Crippen LogP contribution in [0.15, 0.2) is 23.1 Å². The van der Waals surface area contributed by atoms with Crippen LogP contribution in [-0.4, -0.2) is 31.3 Å². The van der Waals surface area contributed by atoms with Gasteiger partial charge in [-0.2, -0.15) is 5.01 Å². The zero-order chi connectivity index (χ0) is 18.4. The minimum Gasteiger partial charge on any atom is -0.272 e. The van der Waals surface area contributed by atoms with E-state index in [1.165, 1.54) is 6.07 Å². The first-order chi connectivity index (χ1) is 11.7. The Morgan fingerprint density at radius 2 is 1.72 bits per heavy atom. The zero-order valence-corrected chi connectivity index (χ0v) is 14.7. The van der Waals surface area contributed by atoms with Crippen LogP contribution in [0, 0.1) is 25.7 Å². The van der Waals surface area contributed by atoms with Gasteiger partial charge in [-0.1, -0.05) is 24.1 Å². The molecule has 1 aliphatic carbocycles. The van der Waals surface area contributed by atoms with Gasteiger partial charge in [0.05, 0.1) is 16.7 Å². The lowest BCUT2D eigenvalue weighted by atomic mass is 10.00. The van der Waals surface area contributed by atoms with E-state index in [4.69, 9.17) is 0 Å². The summed E-state index contributed by atoms with van der Waals surface area (Å²) in [7, 11) is -4.11. The molecule has 1 aromatic rings. The second kappa shape index (κ2) is 6.14. The Morgan fingerprint density at radius 3 is 2.28 bits per heavy atom. The van der Waals surface area contributed by atoms with Crippen LogP contribution < -0.4 is 10.1 Å². The van der Waals surface area contributed by atoms with E-state index in [9.17, 15) is 22.8 Å². The number of imide groups is 1. The number of carbonyl (C=O) groups excluding carboxylic acids is 3. The number of hydrogen-bond donors (Lipinski definition) is 2. The highest BCUT2D eigenvalue weighted by Gasteiger charge is 2.50. The molecule has 0 bridgehead atoms. The van der Waals surface area contributed by atoms with Crippen LogP contribution in [0.25, 0.3) is 0 Å². The zero-order valence-electron chi connectivity index (χ0n) is 13.9. The lowest BCUT2D eigenvalue weighted by Gasteiger charge is -2.17. The van der Waals surface area contributed by atoms with E-state index in [1.807, 2.05) is 11.6 Å². The number of hydrogen-bond acceptors (Lipinski definition) is 5. The molecular formula is C16H19N3O5S. The van der Waals surface area contributed by atoms with Gasteiger partial charge < -0.3 is 0 Å². The molecule has 2 fully saturated rings. The minimum absolute atomic E-state index is 0.0378. The van der Waals surface area contributed by atoms with E-state index >= 15 is 0 Å². The van der Waals surface area contributed by atoms with E-state index in [0.29, 0.717) is 23.4 Å². The molecule has 1 saturated carbocycles. The van der Waals surface area contributed by atoms with Crippen molar-refractivity contribution in [3.05, 3.63) is 29.3 Å². The van der Waals surface area contributed by atoms with Crippen LogP contribution in [0.3, 0.4) is 0 Å². The number of sulfonamides is 1. The Bertz CT molecular complexity index is 843. The molecule has 1 aromatic carbocycles. The van der Waals surface area contributed by atoms with Gasteiger partial charge in [-0.15, -0.1) is 0 Å². The van der Waals surface area contributed by atoms with Crippen molar-refractivity contribution < 1.29 is 22.8 Å². The number of rotatable bonds is 3. The molecule has 25 heavy (non-hydrogen) atoms. The van der Waals surface area contributed by atoms with Crippen molar-refractivity contribution in [2.75, 3.05) is 0 Å². The molecule has 0 spiro atoms. The second-order valence-electron chi connectivity index (χ2n) is 6.47. The predicted octanol–water partition coefficient (Wildman–Crippen LogP) is 0.991. The van der Waals surface area contributed by atoms with E-state index < -0.39 is 39.7 Å². The molecule has 9 heteroatoms. The van der Waals surface area contributed by atoms with Crippen LogP contribution >= 0.6 is 0 Å². The maximum absolute atomic E-state index is 12.3. The molecule has 4 amide bonds. The fourth-order valence-corrected chi connectivity index (χ4v) is 4.63. The SMILES string of the molecule is Cc1ccc(S(=O)(=O)NC(=O)NN2C(=O)C3CCCC3C2=O)c(C)c1. The minimum atomic E-state index is -4.11.